The zero-order valence-corrected chi connectivity index (χ0v) is 15.1. The molecular formula is C14H18Br2N2O2. The molecule has 0 aliphatic heterocycles. The highest BCUT2D eigenvalue weighted by Crippen LogP contribution is 2.22. The van der Waals surface area contributed by atoms with Gasteiger partial charge < -0.3 is 10.6 Å². The van der Waals surface area contributed by atoms with Crippen LogP contribution in [0.1, 0.15) is 27.7 Å². The van der Waals surface area contributed by atoms with Crippen molar-refractivity contribution < 1.29 is 9.59 Å². The van der Waals surface area contributed by atoms with Gasteiger partial charge in [0.2, 0.25) is 11.8 Å². The Kier molecular flexibility index (Phi) is 5.38. The standard InChI is InChI=1S/C14H18Br2N2O2/c1-13(2,15)11(19)17-9-5-7-10(8-6-9)18-12(20)14(3,4)16/h5-8H,1-4H3,(H,17,19)(H,18,20). The van der Waals surface area contributed by atoms with Crippen molar-refractivity contribution in [2.75, 3.05) is 10.6 Å². The topological polar surface area (TPSA) is 58.2 Å². The third-order valence-electron chi connectivity index (χ3n) is 2.48. The molecule has 0 heterocycles. The van der Waals surface area contributed by atoms with Crippen LogP contribution in [-0.2, 0) is 9.59 Å². The molecule has 0 aromatic heterocycles. The summed E-state index contributed by atoms with van der Waals surface area (Å²) >= 11 is 6.59. The van der Waals surface area contributed by atoms with E-state index in [-0.39, 0.29) is 11.8 Å². The molecule has 0 aliphatic rings. The van der Waals surface area contributed by atoms with Gasteiger partial charge in [0.1, 0.15) is 0 Å². The number of nitrogens with one attached hydrogen (secondary N) is 2. The van der Waals surface area contributed by atoms with Crippen LogP contribution in [0, 0.1) is 0 Å². The summed E-state index contributed by atoms with van der Waals surface area (Å²) in [6.07, 6.45) is 0. The molecule has 2 N–H and O–H groups in total. The summed E-state index contributed by atoms with van der Waals surface area (Å²) in [7, 11) is 0. The first kappa shape index (κ1) is 17.2. The smallest absolute Gasteiger partial charge is 0.240 e. The summed E-state index contributed by atoms with van der Waals surface area (Å²) < 4.78 is -1.25. The Hall–Kier alpha value is -0.880. The van der Waals surface area contributed by atoms with Crippen molar-refractivity contribution in [1.29, 1.82) is 0 Å². The van der Waals surface area contributed by atoms with Gasteiger partial charge in [-0.1, -0.05) is 31.9 Å². The Balaban J connectivity index is 2.71. The number of halogens is 2. The molecule has 0 fully saturated rings. The predicted octanol–water partition coefficient (Wildman–Crippen LogP) is 3.91. The molecule has 0 radical (unpaired) electrons. The van der Waals surface area contributed by atoms with Crippen molar-refractivity contribution in [3.63, 3.8) is 0 Å². The van der Waals surface area contributed by atoms with Gasteiger partial charge in [0.25, 0.3) is 0 Å². The maximum Gasteiger partial charge on any atom is 0.240 e. The average Bonchev–Trinajstić information content (AvgIpc) is 2.29. The number of amides is 2. The highest BCUT2D eigenvalue weighted by atomic mass is 79.9. The molecule has 1 aromatic rings. The summed E-state index contributed by atoms with van der Waals surface area (Å²) in [5, 5.41) is 5.57. The number of carbonyl (C=O) groups is 2. The zero-order chi connectivity index (χ0) is 15.6. The predicted molar refractivity (Wildman–Crippen MR) is 89.7 cm³/mol. The Morgan fingerprint density at radius 3 is 1.25 bits per heavy atom. The molecule has 6 heteroatoms. The Bertz CT molecular complexity index is 452. The second-order valence-corrected chi connectivity index (χ2v) is 9.40. The fraction of sp³-hybridized carbons (Fsp3) is 0.429. The molecular weight excluding hydrogens is 388 g/mol. The second kappa shape index (κ2) is 6.26. The fourth-order valence-corrected chi connectivity index (χ4v) is 1.39. The van der Waals surface area contributed by atoms with Crippen molar-refractivity contribution in [2.24, 2.45) is 0 Å². The minimum absolute atomic E-state index is 0.129. The lowest BCUT2D eigenvalue weighted by Crippen LogP contribution is -2.31. The summed E-state index contributed by atoms with van der Waals surface area (Å²) in [5.74, 6) is -0.258. The van der Waals surface area contributed by atoms with Gasteiger partial charge in [-0.3, -0.25) is 9.59 Å². The van der Waals surface area contributed by atoms with Crippen molar-refractivity contribution in [2.45, 2.75) is 36.3 Å². The lowest BCUT2D eigenvalue weighted by molar-refractivity contribution is -0.118. The number of anilines is 2. The largest absolute Gasteiger partial charge is 0.325 e. The average molecular weight is 406 g/mol. The molecule has 0 atom stereocenters. The van der Waals surface area contributed by atoms with E-state index in [0.29, 0.717) is 11.4 Å². The highest BCUT2D eigenvalue weighted by molar-refractivity contribution is 9.10. The van der Waals surface area contributed by atoms with Crippen molar-refractivity contribution in [3.05, 3.63) is 24.3 Å². The van der Waals surface area contributed by atoms with Crippen LogP contribution in [0.2, 0.25) is 0 Å². The Morgan fingerprint density at radius 2 is 1.05 bits per heavy atom. The molecule has 0 unspecified atom stereocenters. The number of hydrogen-bond acceptors (Lipinski definition) is 2. The van der Waals surface area contributed by atoms with E-state index in [2.05, 4.69) is 42.5 Å². The van der Waals surface area contributed by atoms with Crippen LogP contribution in [0.3, 0.4) is 0 Å². The summed E-state index contributed by atoms with van der Waals surface area (Å²) in [6.45, 7) is 7.09. The van der Waals surface area contributed by atoms with Gasteiger partial charge in [0, 0.05) is 11.4 Å². The third kappa shape index (κ3) is 5.25. The number of rotatable bonds is 4. The molecule has 0 spiro atoms. The quantitative estimate of drug-likeness (QED) is 0.746. The molecule has 0 bridgehead atoms. The molecule has 0 saturated carbocycles. The van der Waals surface area contributed by atoms with E-state index in [1.807, 2.05) is 0 Å². The van der Waals surface area contributed by atoms with Crippen LogP contribution >= 0.6 is 31.9 Å². The van der Waals surface area contributed by atoms with Gasteiger partial charge in [-0.15, -0.1) is 0 Å². The maximum atomic E-state index is 11.8. The monoisotopic (exact) mass is 404 g/mol. The van der Waals surface area contributed by atoms with Gasteiger partial charge in [-0.05, 0) is 52.0 Å². The van der Waals surface area contributed by atoms with Crippen molar-refractivity contribution >= 4 is 55.0 Å². The normalized spacial score (nSPS) is 11.9. The Morgan fingerprint density at radius 1 is 0.800 bits per heavy atom. The Labute approximate surface area is 136 Å². The van der Waals surface area contributed by atoms with Crippen molar-refractivity contribution in [3.8, 4) is 0 Å². The molecule has 0 saturated heterocycles. The van der Waals surface area contributed by atoms with E-state index in [0.717, 1.165) is 0 Å². The van der Waals surface area contributed by atoms with Gasteiger partial charge in [0.05, 0.1) is 8.65 Å². The maximum absolute atomic E-state index is 11.8. The zero-order valence-electron chi connectivity index (χ0n) is 11.9. The first-order chi connectivity index (χ1) is 9.00. The van der Waals surface area contributed by atoms with Crippen LogP contribution < -0.4 is 10.6 Å². The number of carbonyl (C=O) groups excluding carboxylic acids is 2. The SMILES string of the molecule is CC(C)(Br)C(=O)Nc1ccc(NC(=O)C(C)(C)Br)cc1. The summed E-state index contributed by atoms with van der Waals surface area (Å²) in [4.78, 5) is 23.6. The third-order valence-corrected chi connectivity index (χ3v) is 3.20. The van der Waals surface area contributed by atoms with Gasteiger partial charge in [-0.25, -0.2) is 0 Å². The van der Waals surface area contributed by atoms with Crippen molar-refractivity contribution in [1.82, 2.24) is 0 Å². The van der Waals surface area contributed by atoms with E-state index >= 15 is 0 Å². The van der Waals surface area contributed by atoms with E-state index in [1.165, 1.54) is 0 Å². The van der Waals surface area contributed by atoms with Crippen LogP contribution in [-0.4, -0.2) is 20.5 Å². The molecule has 4 nitrogen and oxygen atoms in total. The number of benzene rings is 1. The molecule has 1 aromatic carbocycles. The van der Waals surface area contributed by atoms with Gasteiger partial charge >= 0.3 is 0 Å². The number of hydrogen-bond donors (Lipinski definition) is 2. The lowest BCUT2D eigenvalue weighted by Gasteiger charge is -2.17. The van der Waals surface area contributed by atoms with E-state index in [4.69, 9.17) is 0 Å². The molecule has 2 amide bonds. The summed E-state index contributed by atoms with van der Waals surface area (Å²) in [6, 6.07) is 6.97. The first-order valence-electron chi connectivity index (χ1n) is 6.11. The highest BCUT2D eigenvalue weighted by Gasteiger charge is 2.24. The van der Waals surface area contributed by atoms with Crippen LogP contribution in [0.25, 0.3) is 0 Å². The van der Waals surface area contributed by atoms with Gasteiger partial charge in [-0.2, -0.15) is 0 Å². The minimum atomic E-state index is -0.625. The molecule has 1 rings (SSSR count). The van der Waals surface area contributed by atoms with E-state index in [9.17, 15) is 9.59 Å². The van der Waals surface area contributed by atoms with Gasteiger partial charge in [0.15, 0.2) is 0 Å². The van der Waals surface area contributed by atoms with E-state index < -0.39 is 8.65 Å². The lowest BCUT2D eigenvalue weighted by atomic mass is 10.2. The first-order valence-corrected chi connectivity index (χ1v) is 7.69. The number of alkyl halides is 2. The fourth-order valence-electron chi connectivity index (χ4n) is 1.20. The van der Waals surface area contributed by atoms with Crippen LogP contribution in [0.15, 0.2) is 24.3 Å². The molecule has 20 heavy (non-hydrogen) atoms. The summed E-state index contributed by atoms with van der Waals surface area (Å²) in [5.41, 5.74) is 1.36. The molecule has 110 valence electrons. The van der Waals surface area contributed by atoms with Crippen LogP contribution in [0.4, 0.5) is 11.4 Å². The second-order valence-electron chi connectivity index (χ2n) is 5.43. The van der Waals surface area contributed by atoms with E-state index in [1.54, 1.807) is 52.0 Å². The minimum Gasteiger partial charge on any atom is -0.325 e. The van der Waals surface area contributed by atoms with Crippen LogP contribution in [0.5, 0.6) is 0 Å². The molecule has 0 aliphatic carbocycles.